The van der Waals surface area contributed by atoms with Gasteiger partial charge in [0.2, 0.25) is 0 Å². The van der Waals surface area contributed by atoms with Crippen LogP contribution in [0.5, 0.6) is 0 Å². The van der Waals surface area contributed by atoms with Crippen molar-refractivity contribution >= 4 is 11.9 Å². The number of aryl methyl sites for hydroxylation is 1. The summed E-state index contributed by atoms with van der Waals surface area (Å²) in [5.41, 5.74) is 2.19. The van der Waals surface area contributed by atoms with Gasteiger partial charge in [-0.1, -0.05) is 5.16 Å². The van der Waals surface area contributed by atoms with Gasteiger partial charge in [-0.25, -0.2) is 4.39 Å². The molecule has 0 amide bonds. The summed E-state index contributed by atoms with van der Waals surface area (Å²) in [6.07, 6.45) is 3.50. The van der Waals surface area contributed by atoms with Crippen LogP contribution in [0.4, 0.5) is 10.1 Å². The van der Waals surface area contributed by atoms with E-state index in [4.69, 9.17) is 5.21 Å². The lowest BCUT2D eigenvalue weighted by molar-refractivity contribution is 0.322. The van der Waals surface area contributed by atoms with E-state index >= 15 is 0 Å². The van der Waals surface area contributed by atoms with Gasteiger partial charge in [0.05, 0.1) is 11.9 Å². The Morgan fingerprint density at radius 3 is 2.69 bits per heavy atom. The smallest absolute Gasteiger partial charge is 0.147 e. The molecule has 0 aromatic heterocycles. The van der Waals surface area contributed by atoms with E-state index < -0.39 is 0 Å². The highest BCUT2D eigenvalue weighted by molar-refractivity contribution is 5.82. The molecular formula is C12H15FN2O. The van der Waals surface area contributed by atoms with Crippen molar-refractivity contribution in [2.24, 2.45) is 5.16 Å². The predicted octanol–water partition coefficient (Wildman–Crippen LogP) is 2.54. The summed E-state index contributed by atoms with van der Waals surface area (Å²) in [7, 11) is 0. The highest BCUT2D eigenvalue weighted by Crippen LogP contribution is 2.26. The van der Waals surface area contributed by atoms with Crippen LogP contribution in [-0.4, -0.2) is 24.5 Å². The minimum atomic E-state index is -0.248. The molecule has 1 fully saturated rings. The fraction of sp³-hybridized carbons (Fsp3) is 0.417. The van der Waals surface area contributed by atoms with E-state index in [9.17, 15) is 4.39 Å². The van der Waals surface area contributed by atoms with E-state index in [1.807, 2.05) is 13.0 Å². The van der Waals surface area contributed by atoms with Crippen LogP contribution in [0, 0.1) is 12.7 Å². The van der Waals surface area contributed by atoms with Crippen molar-refractivity contribution in [3.63, 3.8) is 0 Å². The summed E-state index contributed by atoms with van der Waals surface area (Å²) in [6.45, 7) is 3.73. The first-order valence-electron chi connectivity index (χ1n) is 5.45. The van der Waals surface area contributed by atoms with Crippen molar-refractivity contribution in [1.29, 1.82) is 0 Å². The van der Waals surface area contributed by atoms with E-state index in [1.165, 1.54) is 12.3 Å². The van der Waals surface area contributed by atoms with Gasteiger partial charge in [0, 0.05) is 18.7 Å². The second-order valence-corrected chi connectivity index (χ2v) is 4.10. The number of hydrogen-bond donors (Lipinski definition) is 1. The fourth-order valence-corrected chi connectivity index (χ4v) is 2.08. The Kier molecular flexibility index (Phi) is 3.08. The van der Waals surface area contributed by atoms with Crippen LogP contribution in [0.3, 0.4) is 0 Å². The molecule has 0 radical (unpaired) electrons. The van der Waals surface area contributed by atoms with Gasteiger partial charge in [-0.05, 0) is 37.5 Å². The van der Waals surface area contributed by atoms with E-state index in [0.29, 0.717) is 11.3 Å². The minimum Gasteiger partial charge on any atom is -0.411 e. The zero-order valence-corrected chi connectivity index (χ0v) is 9.28. The first-order chi connectivity index (χ1) is 7.72. The number of rotatable bonds is 2. The second-order valence-electron chi connectivity index (χ2n) is 4.10. The number of nitrogens with zero attached hydrogens (tertiary/aromatic N) is 2. The first kappa shape index (κ1) is 10.9. The molecule has 1 N–H and O–H groups in total. The maximum absolute atomic E-state index is 13.8. The molecule has 4 heteroatoms. The summed E-state index contributed by atoms with van der Waals surface area (Å²) in [5.74, 6) is -0.248. The monoisotopic (exact) mass is 222 g/mol. The summed E-state index contributed by atoms with van der Waals surface area (Å²) in [5, 5.41) is 11.4. The van der Waals surface area contributed by atoms with E-state index in [0.717, 1.165) is 31.5 Å². The third-order valence-corrected chi connectivity index (χ3v) is 2.98. The predicted molar refractivity (Wildman–Crippen MR) is 62.0 cm³/mol. The van der Waals surface area contributed by atoms with Gasteiger partial charge >= 0.3 is 0 Å². The Hall–Kier alpha value is -1.58. The SMILES string of the molecule is Cc1cc(N2CCCC2)c(F)cc1C=NO. The summed E-state index contributed by atoms with van der Waals surface area (Å²) < 4.78 is 13.8. The lowest BCUT2D eigenvalue weighted by Crippen LogP contribution is -2.19. The molecule has 0 bridgehead atoms. The number of benzene rings is 1. The van der Waals surface area contributed by atoms with Gasteiger partial charge in [0.25, 0.3) is 0 Å². The standard InChI is InChI=1S/C12H15FN2O/c1-9-6-12(15-4-2-3-5-15)11(13)7-10(9)8-14-16/h6-8,16H,2-5H2,1H3. The molecule has 16 heavy (non-hydrogen) atoms. The molecule has 1 aliphatic rings. The van der Waals surface area contributed by atoms with E-state index in [2.05, 4.69) is 10.1 Å². The minimum absolute atomic E-state index is 0.248. The lowest BCUT2D eigenvalue weighted by atomic mass is 10.1. The zero-order chi connectivity index (χ0) is 11.5. The summed E-state index contributed by atoms with van der Waals surface area (Å²) in [4.78, 5) is 2.06. The summed E-state index contributed by atoms with van der Waals surface area (Å²) >= 11 is 0. The van der Waals surface area contributed by atoms with Crippen LogP contribution in [-0.2, 0) is 0 Å². The molecule has 1 saturated heterocycles. The van der Waals surface area contributed by atoms with Crippen LogP contribution >= 0.6 is 0 Å². The molecule has 86 valence electrons. The Morgan fingerprint density at radius 1 is 1.38 bits per heavy atom. The quantitative estimate of drug-likeness (QED) is 0.474. The van der Waals surface area contributed by atoms with Crippen molar-refractivity contribution in [2.45, 2.75) is 19.8 Å². The van der Waals surface area contributed by atoms with Crippen LogP contribution in [0.25, 0.3) is 0 Å². The Balaban J connectivity index is 2.36. The van der Waals surface area contributed by atoms with Crippen molar-refractivity contribution < 1.29 is 9.60 Å². The molecule has 1 aliphatic heterocycles. The third-order valence-electron chi connectivity index (χ3n) is 2.98. The van der Waals surface area contributed by atoms with Gasteiger partial charge < -0.3 is 10.1 Å². The number of halogens is 1. The maximum Gasteiger partial charge on any atom is 0.147 e. The Bertz CT molecular complexity index is 412. The lowest BCUT2D eigenvalue weighted by Gasteiger charge is -2.19. The normalized spacial score (nSPS) is 16.2. The topological polar surface area (TPSA) is 35.8 Å². The van der Waals surface area contributed by atoms with Crippen molar-refractivity contribution in [2.75, 3.05) is 18.0 Å². The van der Waals surface area contributed by atoms with Gasteiger partial charge in [-0.15, -0.1) is 0 Å². The maximum atomic E-state index is 13.8. The average Bonchev–Trinajstić information content (AvgIpc) is 2.76. The molecule has 0 aliphatic carbocycles. The van der Waals surface area contributed by atoms with Crippen molar-refractivity contribution in [3.05, 3.63) is 29.1 Å². The van der Waals surface area contributed by atoms with Crippen LogP contribution < -0.4 is 4.90 Å². The number of oxime groups is 1. The molecule has 1 aromatic carbocycles. The third kappa shape index (κ3) is 2.01. The molecule has 1 heterocycles. The number of hydrogen-bond acceptors (Lipinski definition) is 3. The van der Waals surface area contributed by atoms with Crippen molar-refractivity contribution in [1.82, 2.24) is 0 Å². The number of anilines is 1. The van der Waals surface area contributed by atoms with Crippen LogP contribution in [0.2, 0.25) is 0 Å². The molecule has 0 saturated carbocycles. The highest BCUT2D eigenvalue weighted by atomic mass is 19.1. The van der Waals surface area contributed by atoms with Gasteiger partial charge in [0.1, 0.15) is 5.82 Å². The molecule has 0 atom stereocenters. The molecule has 2 rings (SSSR count). The highest BCUT2D eigenvalue weighted by Gasteiger charge is 2.17. The molecule has 1 aromatic rings. The molecule has 0 unspecified atom stereocenters. The average molecular weight is 222 g/mol. The Labute approximate surface area is 94.2 Å². The second kappa shape index (κ2) is 4.51. The zero-order valence-electron chi connectivity index (χ0n) is 9.28. The molecule has 0 spiro atoms. The molecular weight excluding hydrogens is 207 g/mol. The first-order valence-corrected chi connectivity index (χ1v) is 5.45. The van der Waals surface area contributed by atoms with Crippen LogP contribution in [0.1, 0.15) is 24.0 Å². The van der Waals surface area contributed by atoms with E-state index in [-0.39, 0.29) is 5.82 Å². The fourth-order valence-electron chi connectivity index (χ4n) is 2.08. The van der Waals surface area contributed by atoms with E-state index in [1.54, 1.807) is 0 Å². The Morgan fingerprint density at radius 2 is 2.06 bits per heavy atom. The van der Waals surface area contributed by atoms with Gasteiger partial charge in [0.15, 0.2) is 0 Å². The van der Waals surface area contributed by atoms with Gasteiger partial charge in [-0.3, -0.25) is 0 Å². The van der Waals surface area contributed by atoms with Crippen LogP contribution in [0.15, 0.2) is 17.3 Å². The largest absolute Gasteiger partial charge is 0.411 e. The van der Waals surface area contributed by atoms with Crippen molar-refractivity contribution in [3.8, 4) is 0 Å². The van der Waals surface area contributed by atoms with Gasteiger partial charge in [-0.2, -0.15) is 0 Å². The summed E-state index contributed by atoms with van der Waals surface area (Å²) in [6, 6.07) is 3.24. The molecule has 3 nitrogen and oxygen atoms in total.